The molecule has 0 bridgehead atoms. The second kappa shape index (κ2) is 13.6. The number of hydrogen-bond donors (Lipinski definition) is 1. The van der Waals surface area contributed by atoms with Gasteiger partial charge in [-0.2, -0.15) is 0 Å². The van der Waals surface area contributed by atoms with Gasteiger partial charge < -0.3 is 14.6 Å². The summed E-state index contributed by atoms with van der Waals surface area (Å²) in [6.45, 7) is 8.53. The molecule has 6 heteroatoms. The quantitative estimate of drug-likeness (QED) is 0.580. The minimum atomic E-state index is -0.675. The molecular weight excluding hydrogens is 394 g/mol. The number of aliphatic carboxylic acids is 1. The monoisotopic (exact) mass is 433 g/mol. The van der Waals surface area contributed by atoms with Gasteiger partial charge in [-0.15, -0.1) is 0 Å². The van der Waals surface area contributed by atoms with Crippen LogP contribution in [0.25, 0.3) is 0 Å². The molecule has 1 aliphatic heterocycles. The smallest absolute Gasteiger partial charge is 0.303 e. The number of ketones is 1. The number of morpholine rings is 1. The Morgan fingerprint density at radius 1 is 1.13 bits per heavy atom. The fourth-order valence-electron chi connectivity index (χ4n) is 4.27. The highest BCUT2D eigenvalue weighted by Crippen LogP contribution is 2.27. The maximum atomic E-state index is 12.3. The highest BCUT2D eigenvalue weighted by Gasteiger charge is 2.39. The van der Waals surface area contributed by atoms with Crippen molar-refractivity contribution in [3.05, 3.63) is 35.9 Å². The molecule has 174 valence electrons. The first-order chi connectivity index (χ1) is 14.9. The van der Waals surface area contributed by atoms with Crippen LogP contribution in [-0.4, -0.2) is 59.2 Å². The van der Waals surface area contributed by atoms with Gasteiger partial charge in [0, 0.05) is 25.9 Å². The fourth-order valence-corrected chi connectivity index (χ4v) is 4.27. The molecule has 1 saturated heterocycles. The first-order valence-corrected chi connectivity index (χ1v) is 11.7. The molecule has 1 saturated carbocycles. The molecule has 2 fully saturated rings. The van der Waals surface area contributed by atoms with Crippen molar-refractivity contribution in [2.45, 2.75) is 96.7 Å². The summed E-state index contributed by atoms with van der Waals surface area (Å²) < 4.78 is 11.7. The van der Waals surface area contributed by atoms with Gasteiger partial charge in [-0.3, -0.25) is 14.5 Å². The van der Waals surface area contributed by atoms with E-state index in [9.17, 15) is 9.59 Å². The van der Waals surface area contributed by atoms with Crippen molar-refractivity contribution >= 4 is 11.8 Å². The van der Waals surface area contributed by atoms with E-state index in [1.165, 1.54) is 6.42 Å². The molecule has 0 spiro atoms. The molecule has 0 unspecified atom stereocenters. The molecule has 2 aliphatic rings. The van der Waals surface area contributed by atoms with E-state index in [4.69, 9.17) is 14.6 Å². The number of hydrogen-bond acceptors (Lipinski definition) is 5. The third kappa shape index (κ3) is 9.50. The Balaban J connectivity index is 0.000000323. The molecule has 4 atom stereocenters. The van der Waals surface area contributed by atoms with Gasteiger partial charge in [0.2, 0.25) is 0 Å². The molecule has 0 aromatic heterocycles. The van der Waals surface area contributed by atoms with E-state index >= 15 is 0 Å². The molecule has 1 aromatic rings. The first-order valence-electron chi connectivity index (χ1n) is 11.7. The van der Waals surface area contributed by atoms with Gasteiger partial charge >= 0.3 is 5.97 Å². The van der Waals surface area contributed by atoms with Gasteiger partial charge in [0.25, 0.3) is 0 Å². The lowest BCUT2D eigenvalue weighted by atomic mass is 10.1. The van der Waals surface area contributed by atoms with Gasteiger partial charge in [-0.1, -0.05) is 56.5 Å². The van der Waals surface area contributed by atoms with Crippen molar-refractivity contribution in [2.75, 3.05) is 13.1 Å². The van der Waals surface area contributed by atoms with Crippen molar-refractivity contribution in [3.8, 4) is 0 Å². The van der Waals surface area contributed by atoms with Crippen LogP contribution in [0.4, 0.5) is 0 Å². The summed E-state index contributed by atoms with van der Waals surface area (Å²) in [6, 6.07) is 10.1. The summed E-state index contributed by atoms with van der Waals surface area (Å²) in [5.74, 6) is -0.356. The fraction of sp³-hybridized carbons (Fsp3) is 0.680. The Labute approximate surface area is 186 Å². The second-order valence-corrected chi connectivity index (χ2v) is 8.76. The second-order valence-electron chi connectivity index (χ2n) is 8.76. The predicted octanol–water partition coefficient (Wildman–Crippen LogP) is 4.45. The van der Waals surface area contributed by atoms with Gasteiger partial charge in [0.15, 0.2) is 5.78 Å². The van der Waals surface area contributed by atoms with Gasteiger partial charge in [-0.05, 0) is 32.3 Å². The lowest BCUT2D eigenvalue weighted by Gasteiger charge is -2.38. The average Bonchev–Trinajstić information content (AvgIpc) is 3.11. The van der Waals surface area contributed by atoms with Crippen molar-refractivity contribution in [2.24, 2.45) is 0 Å². The van der Waals surface area contributed by atoms with Crippen LogP contribution in [0.15, 0.2) is 30.3 Å². The van der Waals surface area contributed by atoms with Crippen LogP contribution in [0.2, 0.25) is 0 Å². The molecule has 6 nitrogen and oxygen atoms in total. The van der Waals surface area contributed by atoms with Crippen LogP contribution >= 0.6 is 0 Å². The molecule has 1 N–H and O–H groups in total. The number of carbonyl (C=O) groups excluding carboxylic acids is 1. The SMILES string of the molecule is CCCCCCC(=O)O.C[C@@H]1CN([C@@H]2C[C@@H](OCc3ccccc3)CC2=O)C[C@H](C)O1. The zero-order valence-corrected chi connectivity index (χ0v) is 19.3. The summed E-state index contributed by atoms with van der Waals surface area (Å²) in [4.78, 5) is 24.6. The van der Waals surface area contributed by atoms with Crippen LogP contribution in [0, 0.1) is 0 Å². The highest BCUT2D eigenvalue weighted by atomic mass is 16.5. The van der Waals surface area contributed by atoms with E-state index in [1.54, 1.807) is 0 Å². The van der Waals surface area contributed by atoms with E-state index < -0.39 is 5.97 Å². The average molecular weight is 434 g/mol. The third-order valence-corrected chi connectivity index (χ3v) is 5.75. The zero-order chi connectivity index (χ0) is 22.6. The number of carboxylic acids is 1. The number of ether oxygens (including phenoxy) is 2. The topological polar surface area (TPSA) is 76.1 Å². The summed E-state index contributed by atoms with van der Waals surface area (Å²) >= 11 is 0. The third-order valence-electron chi connectivity index (χ3n) is 5.75. The molecule has 0 radical (unpaired) electrons. The Morgan fingerprint density at radius 2 is 1.81 bits per heavy atom. The molecule has 31 heavy (non-hydrogen) atoms. The van der Waals surface area contributed by atoms with Crippen LogP contribution < -0.4 is 0 Å². The predicted molar refractivity (Wildman–Crippen MR) is 121 cm³/mol. The Kier molecular flexibility index (Phi) is 11.2. The van der Waals surface area contributed by atoms with Gasteiger partial charge in [0.05, 0.1) is 31.0 Å². The van der Waals surface area contributed by atoms with Crippen molar-refractivity contribution < 1.29 is 24.2 Å². The lowest BCUT2D eigenvalue weighted by molar-refractivity contribution is -0.137. The lowest BCUT2D eigenvalue weighted by Crippen LogP contribution is -2.51. The number of Topliss-reactive ketones (excluding diaryl/α,β-unsaturated/α-hetero) is 1. The summed E-state index contributed by atoms with van der Waals surface area (Å²) in [5.41, 5.74) is 1.16. The van der Waals surface area contributed by atoms with Crippen LogP contribution in [0.5, 0.6) is 0 Å². The zero-order valence-electron chi connectivity index (χ0n) is 19.3. The van der Waals surface area contributed by atoms with Crippen LogP contribution in [0.3, 0.4) is 0 Å². The minimum absolute atomic E-state index is 0.00886. The minimum Gasteiger partial charge on any atom is -0.481 e. The van der Waals surface area contributed by atoms with E-state index in [2.05, 4.69) is 37.8 Å². The van der Waals surface area contributed by atoms with Gasteiger partial charge in [0.1, 0.15) is 0 Å². The van der Waals surface area contributed by atoms with E-state index in [-0.39, 0.29) is 24.4 Å². The summed E-state index contributed by atoms with van der Waals surface area (Å²) in [7, 11) is 0. The standard InChI is InChI=1S/C18H25NO3.C7H14O2/c1-13-10-19(11-14(2)22-13)17-8-16(9-18(17)20)21-12-15-6-4-3-5-7-15;1-2-3-4-5-6-7(8)9/h3-7,13-14,16-17H,8-12H2,1-2H3;2-6H2,1H3,(H,8,9)/t13-,14+,16-,17-;/m1./s1. The van der Waals surface area contributed by atoms with Crippen molar-refractivity contribution in [1.29, 1.82) is 0 Å². The maximum Gasteiger partial charge on any atom is 0.303 e. The molecule has 1 aliphatic carbocycles. The Hall–Kier alpha value is -1.76. The molecule has 0 amide bonds. The van der Waals surface area contributed by atoms with Crippen LogP contribution in [0.1, 0.15) is 71.3 Å². The van der Waals surface area contributed by atoms with Crippen molar-refractivity contribution in [1.82, 2.24) is 4.90 Å². The number of nitrogens with zero attached hydrogens (tertiary/aromatic N) is 1. The van der Waals surface area contributed by atoms with Gasteiger partial charge in [-0.25, -0.2) is 0 Å². The van der Waals surface area contributed by atoms with E-state index in [0.717, 1.165) is 44.3 Å². The number of carbonyl (C=O) groups is 2. The Morgan fingerprint density at radius 3 is 2.42 bits per heavy atom. The molecule has 1 aromatic carbocycles. The van der Waals surface area contributed by atoms with Crippen molar-refractivity contribution in [3.63, 3.8) is 0 Å². The normalized spacial score (nSPS) is 26.4. The first kappa shape index (κ1) is 25.5. The van der Waals surface area contributed by atoms with E-state index in [0.29, 0.717) is 25.2 Å². The largest absolute Gasteiger partial charge is 0.481 e. The number of unbranched alkanes of at least 4 members (excludes halogenated alkanes) is 3. The Bertz CT molecular complexity index is 655. The highest BCUT2D eigenvalue weighted by molar-refractivity contribution is 5.86. The van der Waals surface area contributed by atoms with E-state index in [1.807, 2.05) is 18.2 Å². The summed E-state index contributed by atoms with van der Waals surface area (Å²) in [6.07, 6.45) is 6.34. The molecule has 1 heterocycles. The molecule has 3 rings (SSSR count). The number of benzene rings is 1. The maximum absolute atomic E-state index is 12.3. The van der Waals surface area contributed by atoms with Crippen LogP contribution in [-0.2, 0) is 25.7 Å². The number of carboxylic acid groups (broad SMARTS) is 1. The number of rotatable bonds is 9. The molecular formula is C25H39NO5. The summed E-state index contributed by atoms with van der Waals surface area (Å²) in [5, 5.41) is 8.21.